The number of rotatable bonds is 3. The molecule has 122 valence electrons. The minimum Gasteiger partial charge on any atom is -0.456 e. The first kappa shape index (κ1) is 16.5. The van der Waals surface area contributed by atoms with E-state index in [-0.39, 0.29) is 6.42 Å². The summed E-state index contributed by atoms with van der Waals surface area (Å²) in [6.45, 7) is 5.17. The summed E-state index contributed by atoms with van der Waals surface area (Å²) in [6, 6.07) is 0. The number of carbonyl (C=O) groups excluding carboxylic acids is 1. The van der Waals surface area contributed by atoms with E-state index in [1.165, 1.54) is 0 Å². The Morgan fingerprint density at radius 3 is 2.57 bits per heavy atom. The Balaban J connectivity index is 2.23. The summed E-state index contributed by atoms with van der Waals surface area (Å²) in [5, 5.41) is 9.73. The first-order chi connectivity index (χ1) is 9.46. The SMILES string of the molecule is CCC(C)(C)C(=O)OC12CCCC1OC(O)(C(F)(F)F)C2. The minimum atomic E-state index is -4.91. The highest BCUT2D eigenvalue weighted by Gasteiger charge is 2.70. The summed E-state index contributed by atoms with van der Waals surface area (Å²) in [4.78, 5) is 12.2. The topological polar surface area (TPSA) is 55.8 Å². The molecule has 1 aliphatic heterocycles. The van der Waals surface area contributed by atoms with Crippen LogP contribution in [0, 0.1) is 5.41 Å². The lowest BCUT2D eigenvalue weighted by molar-refractivity contribution is -0.357. The zero-order chi connectivity index (χ0) is 16.1. The third-order valence-corrected chi connectivity index (χ3v) is 4.70. The van der Waals surface area contributed by atoms with E-state index in [1.807, 2.05) is 6.92 Å². The molecule has 0 spiro atoms. The van der Waals surface area contributed by atoms with Gasteiger partial charge < -0.3 is 14.6 Å². The van der Waals surface area contributed by atoms with Gasteiger partial charge in [-0.3, -0.25) is 4.79 Å². The monoisotopic (exact) mass is 310 g/mol. The number of hydrogen-bond donors (Lipinski definition) is 1. The maximum Gasteiger partial charge on any atom is 0.443 e. The van der Waals surface area contributed by atoms with Crippen molar-refractivity contribution in [1.29, 1.82) is 0 Å². The third kappa shape index (κ3) is 2.65. The number of halogens is 3. The lowest BCUT2D eigenvalue weighted by atomic mass is 9.88. The van der Waals surface area contributed by atoms with Gasteiger partial charge in [0.05, 0.1) is 11.8 Å². The van der Waals surface area contributed by atoms with Gasteiger partial charge in [0.15, 0.2) is 0 Å². The molecule has 0 amide bonds. The van der Waals surface area contributed by atoms with Crippen molar-refractivity contribution in [3.63, 3.8) is 0 Å². The molecule has 0 radical (unpaired) electrons. The van der Waals surface area contributed by atoms with Crippen LogP contribution in [0.5, 0.6) is 0 Å². The van der Waals surface area contributed by atoms with Gasteiger partial charge >= 0.3 is 12.1 Å². The molecular weight excluding hydrogens is 289 g/mol. The Bertz CT molecular complexity index is 434. The number of esters is 1. The van der Waals surface area contributed by atoms with Crippen LogP contribution in [0.3, 0.4) is 0 Å². The van der Waals surface area contributed by atoms with Crippen LogP contribution < -0.4 is 0 Å². The van der Waals surface area contributed by atoms with Crippen LogP contribution >= 0.6 is 0 Å². The molecule has 2 fully saturated rings. The Kier molecular flexibility index (Phi) is 3.82. The van der Waals surface area contributed by atoms with Gasteiger partial charge in [-0.2, -0.15) is 13.2 Å². The normalized spacial score (nSPS) is 36.6. The van der Waals surface area contributed by atoms with Gasteiger partial charge in [-0.05, 0) is 39.5 Å². The molecule has 21 heavy (non-hydrogen) atoms. The average molecular weight is 310 g/mol. The van der Waals surface area contributed by atoms with E-state index in [4.69, 9.17) is 9.47 Å². The molecule has 0 aromatic rings. The molecule has 4 nitrogen and oxygen atoms in total. The zero-order valence-electron chi connectivity index (χ0n) is 12.4. The van der Waals surface area contributed by atoms with E-state index in [0.717, 1.165) is 0 Å². The van der Waals surface area contributed by atoms with Crippen LogP contribution in [0.1, 0.15) is 52.9 Å². The third-order valence-electron chi connectivity index (χ3n) is 4.70. The largest absolute Gasteiger partial charge is 0.456 e. The van der Waals surface area contributed by atoms with Crippen LogP contribution in [-0.2, 0) is 14.3 Å². The molecule has 1 heterocycles. The molecule has 3 atom stereocenters. The number of alkyl halides is 3. The van der Waals surface area contributed by atoms with Gasteiger partial charge in [-0.25, -0.2) is 0 Å². The predicted octanol–water partition coefficient (Wildman–Crippen LogP) is 2.93. The standard InChI is InChI=1S/C14H21F3O4/c1-4-11(2,3)10(18)21-12-7-5-6-9(12)20-13(19,8-12)14(15,16)17/h9,19H,4-8H2,1-3H3. The summed E-state index contributed by atoms with van der Waals surface area (Å²) in [5.41, 5.74) is -2.14. The smallest absolute Gasteiger partial charge is 0.443 e. The number of ether oxygens (including phenoxy) is 2. The fourth-order valence-electron chi connectivity index (χ4n) is 2.85. The molecule has 3 unspecified atom stereocenters. The van der Waals surface area contributed by atoms with Crippen LogP contribution in [-0.4, -0.2) is 34.7 Å². The van der Waals surface area contributed by atoms with Crippen LogP contribution in [0.25, 0.3) is 0 Å². The fourth-order valence-corrected chi connectivity index (χ4v) is 2.85. The van der Waals surface area contributed by atoms with Crippen molar-refractivity contribution < 1.29 is 32.5 Å². The average Bonchev–Trinajstić information content (AvgIpc) is 2.81. The fraction of sp³-hybridized carbons (Fsp3) is 0.929. The quantitative estimate of drug-likeness (QED) is 0.814. The number of carbonyl (C=O) groups is 1. The van der Waals surface area contributed by atoms with Gasteiger partial charge in [-0.15, -0.1) is 0 Å². The highest BCUT2D eigenvalue weighted by atomic mass is 19.4. The second-order valence-corrected chi connectivity index (χ2v) is 6.65. The molecule has 2 aliphatic rings. The second kappa shape index (κ2) is 4.84. The van der Waals surface area contributed by atoms with E-state index in [2.05, 4.69) is 0 Å². The number of aliphatic hydroxyl groups is 1. The van der Waals surface area contributed by atoms with Gasteiger partial charge in [0, 0.05) is 0 Å². The molecular formula is C14H21F3O4. The minimum absolute atomic E-state index is 0.279. The molecule has 1 saturated heterocycles. The summed E-state index contributed by atoms with van der Waals surface area (Å²) < 4.78 is 49.1. The van der Waals surface area contributed by atoms with E-state index in [0.29, 0.717) is 19.3 Å². The van der Waals surface area contributed by atoms with E-state index in [9.17, 15) is 23.1 Å². The van der Waals surface area contributed by atoms with Crippen molar-refractivity contribution in [3.8, 4) is 0 Å². The van der Waals surface area contributed by atoms with Crippen LogP contribution in [0.2, 0.25) is 0 Å². The lowest BCUT2D eigenvalue weighted by Crippen LogP contribution is -2.47. The van der Waals surface area contributed by atoms with E-state index in [1.54, 1.807) is 13.8 Å². The van der Waals surface area contributed by atoms with Gasteiger partial charge in [0.25, 0.3) is 5.79 Å². The predicted molar refractivity (Wildman–Crippen MR) is 67.2 cm³/mol. The van der Waals surface area contributed by atoms with Crippen molar-refractivity contribution in [2.75, 3.05) is 0 Å². The second-order valence-electron chi connectivity index (χ2n) is 6.65. The van der Waals surface area contributed by atoms with Gasteiger partial charge in [0.1, 0.15) is 11.7 Å². The Morgan fingerprint density at radius 2 is 2.05 bits per heavy atom. The molecule has 1 saturated carbocycles. The number of fused-ring (bicyclic) bond motifs is 1. The van der Waals surface area contributed by atoms with E-state index < -0.39 is 41.5 Å². The number of hydrogen-bond acceptors (Lipinski definition) is 4. The maximum absolute atomic E-state index is 12.9. The highest BCUT2D eigenvalue weighted by molar-refractivity contribution is 5.76. The molecule has 1 N–H and O–H groups in total. The Labute approximate surface area is 121 Å². The summed E-state index contributed by atoms with van der Waals surface area (Å²) >= 11 is 0. The van der Waals surface area contributed by atoms with E-state index >= 15 is 0 Å². The Morgan fingerprint density at radius 1 is 1.43 bits per heavy atom. The highest BCUT2D eigenvalue weighted by Crippen LogP contribution is 2.54. The lowest BCUT2D eigenvalue weighted by Gasteiger charge is -2.32. The van der Waals surface area contributed by atoms with Crippen LogP contribution in [0.4, 0.5) is 13.2 Å². The molecule has 0 bridgehead atoms. The first-order valence-corrected chi connectivity index (χ1v) is 7.16. The van der Waals surface area contributed by atoms with Crippen molar-refractivity contribution in [1.82, 2.24) is 0 Å². The molecule has 7 heteroatoms. The molecule has 2 rings (SSSR count). The maximum atomic E-state index is 12.9. The zero-order valence-corrected chi connectivity index (χ0v) is 12.4. The summed E-state index contributed by atoms with van der Waals surface area (Å²) in [7, 11) is 0. The van der Waals surface area contributed by atoms with Crippen molar-refractivity contribution in [2.45, 2.75) is 76.5 Å². The first-order valence-electron chi connectivity index (χ1n) is 7.16. The summed E-state index contributed by atoms with van der Waals surface area (Å²) in [5.74, 6) is -3.78. The molecule has 0 aromatic carbocycles. The molecule has 0 aromatic heterocycles. The van der Waals surface area contributed by atoms with Crippen molar-refractivity contribution >= 4 is 5.97 Å². The Hall–Kier alpha value is -0.820. The summed E-state index contributed by atoms with van der Waals surface area (Å²) in [6.07, 6.45) is -4.81. The molecule has 1 aliphatic carbocycles. The van der Waals surface area contributed by atoms with Crippen LogP contribution in [0.15, 0.2) is 0 Å². The van der Waals surface area contributed by atoms with Gasteiger partial charge in [-0.1, -0.05) is 6.92 Å². The van der Waals surface area contributed by atoms with Crippen molar-refractivity contribution in [2.24, 2.45) is 5.41 Å². The van der Waals surface area contributed by atoms with Gasteiger partial charge in [0.2, 0.25) is 0 Å². The van der Waals surface area contributed by atoms with Crippen molar-refractivity contribution in [3.05, 3.63) is 0 Å².